The fourth-order valence-corrected chi connectivity index (χ4v) is 6.80. The molecule has 228 valence electrons. The Morgan fingerprint density at radius 2 is 1.83 bits per heavy atom. The average Bonchev–Trinajstić information content (AvgIpc) is 2.88. The quantitative estimate of drug-likeness (QED) is 0.169. The minimum atomic E-state index is -2.79. The lowest BCUT2D eigenvalue weighted by atomic mass is 9.57. The zero-order valence-electron chi connectivity index (χ0n) is 24.5. The number of hydrogen-bond donors (Lipinski definition) is 5. The standard InChI is InChI=1S/C29H38N4O9/c1-7-13(4)32(11-12(2)3)17-10-18(33(41)42)23(34)20-15(17)8-14-9-16-22(31(5)6)25(36)21(28(30)39)27(38)29(16,40)26(37)19(14)24(20)35/h10,12-14,16,22,34-35,38,40H,7-9,11H2,1-6H3,(H2,30,39)/t13?,14?,16?,22-,29-/m0/s1. The zero-order chi connectivity index (χ0) is 31.6. The molecule has 3 aliphatic rings. The molecular weight excluding hydrogens is 548 g/mol. The number of rotatable bonds is 8. The first-order valence-electron chi connectivity index (χ1n) is 13.9. The predicted octanol–water partition coefficient (Wildman–Crippen LogP) is 2.13. The Bertz CT molecular complexity index is 1450. The molecule has 13 nitrogen and oxygen atoms in total. The summed E-state index contributed by atoms with van der Waals surface area (Å²) in [4.78, 5) is 54.2. The monoisotopic (exact) mass is 586 g/mol. The molecule has 0 aromatic heterocycles. The van der Waals surface area contributed by atoms with E-state index in [4.69, 9.17) is 5.73 Å². The first-order valence-corrected chi connectivity index (χ1v) is 13.9. The maximum atomic E-state index is 14.1. The number of aromatic hydroxyl groups is 1. The molecule has 13 heteroatoms. The summed E-state index contributed by atoms with van der Waals surface area (Å²) >= 11 is 0. The predicted molar refractivity (Wildman–Crippen MR) is 153 cm³/mol. The number of aliphatic hydroxyl groups is 3. The smallest absolute Gasteiger partial charge is 0.313 e. The summed E-state index contributed by atoms with van der Waals surface area (Å²) < 4.78 is 0. The number of anilines is 1. The maximum Gasteiger partial charge on any atom is 0.313 e. The number of aliphatic hydroxyl groups excluding tert-OH is 2. The highest BCUT2D eigenvalue weighted by molar-refractivity contribution is 6.24. The number of fused-ring (bicyclic) bond motifs is 3. The van der Waals surface area contributed by atoms with Gasteiger partial charge in [0.15, 0.2) is 11.4 Å². The van der Waals surface area contributed by atoms with Gasteiger partial charge in [0.05, 0.1) is 16.5 Å². The molecule has 6 N–H and O–H groups in total. The van der Waals surface area contributed by atoms with Gasteiger partial charge < -0.3 is 31.1 Å². The van der Waals surface area contributed by atoms with Crippen LogP contribution in [-0.4, -0.2) is 86.0 Å². The van der Waals surface area contributed by atoms with Crippen LogP contribution in [0.2, 0.25) is 0 Å². The van der Waals surface area contributed by atoms with Crippen LogP contribution in [0.15, 0.2) is 23.0 Å². The normalized spacial score (nSPS) is 26.3. The lowest BCUT2D eigenvalue weighted by molar-refractivity contribution is -0.385. The molecule has 1 aromatic rings. The number of ketones is 2. The minimum Gasteiger partial charge on any atom is -0.508 e. The lowest BCUT2D eigenvalue weighted by Gasteiger charge is -2.50. The first-order chi connectivity index (χ1) is 19.5. The Morgan fingerprint density at radius 1 is 1.21 bits per heavy atom. The number of phenolic OH excluding ortho intramolecular Hbond substituents is 1. The highest BCUT2D eigenvalue weighted by atomic mass is 16.6. The van der Waals surface area contributed by atoms with Crippen LogP contribution in [0.4, 0.5) is 11.4 Å². The summed E-state index contributed by atoms with van der Waals surface area (Å²) in [6, 6.07) is 0.00182. The largest absolute Gasteiger partial charge is 0.508 e. The van der Waals surface area contributed by atoms with E-state index in [9.17, 15) is 44.9 Å². The molecule has 0 bridgehead atoms. The van der Waals surface area contributed by atoms with Crippen LogP contribution in [0, 0.1) is 27.9 Å². The van der Waals surface area contributed by atoms with Crippen molar-refractivity contribution >= 4 is 34.6 Å². The van der Waals surface area contributed by atoms with Crippen molar-refractivity contribution in [1.82, 2.24) is 4.90 Å². The summed E-state index contributed by atoms with van der Waals surface area (Å²) in [5.41, 5.74) is 1.16. The highest BCUT2D eigenvalue weighted by Crippen LogP contribution is 2.55. The number of nitrogens with two attached hydrogens (primary N) is 1. The van der Waals surface area contributed by atoms with Crippen LogP contribution in [0.3, 0.4) is 0 Å². The summed E-state index contributed by atoms with van der Waals surface area (Å²) in [5.74, 6) is -7.97. The molecule has 0 radical (unpaired) electrons. The van der Waals surface area contributed by atoms with Gasteiger partial charge in [-0.3, -0.25) is 29.4 Å². The Hall–Kier alpha value is -3.97. The Kier molecular flexibility index (Phi) is 7.89. The van der Waals surface area contributed by atoms with Gasteiger partial charge in [0.2, 0.25) is 11.5 Å². The fraction of sp³-hybridized carbons (Fsp3) is 0.552. The van der Waals surface area contributed by atoms with Crippen molar-refractivity contribution in [1.29, 1.82) is 0 Å². The third kappa shape index (κ3) is 4.42. The van der Waals surface area contributed by atoms with Gasteiger partial charge >= 0.3 is 5.69 Å². The molecule has 3 unspecified atom stereocenters. The zero-order valence-corrected chi connectivity index (χ0v) is 24.5. The highest BCUT2D eigenvalue weighted by Gasteiger charge is 2.64. The molecule has 5 atom stereocenters. The van der Waals surface area contributed by atoms with Gasteiger partial charge in [0.25, 0.3) is 5.91 Å². The molecule has 0 saturated heterocycles. The summed E-state index contributed by atoms with van der Waals surface area (Å²) in [5, 5.41) is 57.4. The number of nitro groups is 1. The topological polar surface area (TPSA) is 208 Å². The average molecular weight is 587 g/mol. The van der Waals surface area contributed by atoms with Crippen LogP contribution in [0.1, 0.15) is 51.7 Å². The fourth-order valence-electron chi connectivity index (χ4n) is 6.80. The number of phenols is 1. The third-order valence-corrected chi connectivity index (χ3v) is 8.87. The first kappa shape index (κ1) is 31.0. The number of carbonyl (C=O) groups is 3. The van der Waals surface area contributed by atoms with Gasteiger partial charge in [-0.2, -0.15) is 0 Å². The molecule has 1 aromatic carbocycles. The van der Waals surface area contributed by atoms with Crippen molar-refractivity contribution in [3.05, 3.63) is 44.2 Å². The van der Waals surface area contributed by atoms with Gasteiger partial charge in [0, 0.05) is 35.8 Å². The molecule has 0 aliphatic heterocycles. The molecule has 42 heavy (non-hydrogen) atoms. The van der Waals surface area contributed by atoms with E-state index in [2.05, 4.69) is 0 Å². The van der Waals surface area contributed by atoms with Gasteiger partial charge in [-0.05, 0) is 57.7 Å². The van der Waals surface area contributed by atoms with Gasteiger partial charge in [-0.1, -0.05) is 20.8 Å². The van der Waals surface area contributed by atoms with E-state index in [0.717, 1.165) is 0 Å². The van der Waals surface area contributed by atoms with E-state index in [1.807, 2.05) is 32.6 Å². The second-order valence-corrected chi connectivity index (χ2v) is 12.1. The molecule has 0 spiro atoms. The van der Waals surface area contributed by atoms with Crippen LogP contribution in [0.25, 0.3) is 5.76 Å². The maximum absolute atomic E-state index is 14.1. The van der Waals surface area contributed by atoms with E-state index in [1.54, 1.807) is 0 Å². The summed E-state index contributed by atoms with van der Waals surface area (Å²) in [6.07, 6.45) is 0.664. The number of benzene rings is 1. The van der Waals surface area contributed by atoms with Gasteiger partial charge in [-0.15, -0.1) is 0 Å². The summed E-state index contributed by atoms with van der Waals surface area (Å²) in [7, 11) is 3.05. The van der Waals surface area contributed by atoms with Crippen molar-refractivity contribution in [2.75, 3.05) is 25.5 Å². The second-order valence-electron chi connectivity index (χ2n) is 12.1. The van der Waals surface area contributed by atoms with Crippen LogP contribution < -0.4 is 10.6 Å². The number of hydrogen-bond acceptors (Lipinski definition) is 11. The minimum absolute atomic E-state index is 0.0421. The van der Waals surface area contributed by atoms with Crippen molar-refractivity contribution in [3.63, 3.8) is 0 Å². The third-order valence-electron chi connectivity index (χ3n) is 8.87. The lowest BCUT2D eigenvalue weighted by Crippen LogP contribution is -2.65. The van der Waals surface area contributed by atoms with E-state index in [-0.39, 0.29) is 35.9 Å². The molecule has 0 heterocycles. The number of carbonyl (C=O) groups excluding carboxylic acids is 3. The van der Waals surface area contributed by atoms with E-state index < -0.39 is 74.4 Å². The van der Waals surface area contributed by atoms with Crippen molar-refractivity contribution in [2.24, 2.45) is 23.5 Å². The Balaban J connectivity index is 2.04. The van der Waals surface area contributed by atoms with Crippen LogP contribution in [0.5, 0.6) is 5.75 Å². The summed E-state index contributed by atoms with van der Waals surface area (Å²) in [6.45, 7) is 8.43. The van der Waals surface area contributed by atoms with Crippen molar-refractivity contribution < 1.29 is 39.7 Å². The number of Topliss-reactive ketones (excluding diaryl/α,β-unsaturated/α-hetero) is 2. The molecule has 1 saturated carbocycles. The van der Waals surface area contributed by atoms with Gasteiger partial charge in [-0.25, -0.2) is 0 Å². The van der Waals surface area contributed by atoms with Crippen LogP contribution in [-0.2, 0) is 20.8 Å². The number of likely N-dealkylation sites (N-methyl/N-ethyl adjacent to an activating group) is 1. The van der Waals surface area contributed by atoms with Gasteiger partial charge in [0.1, 0.15) is 17.1 Å². The van der Waals surface area contributed by atoms with Crippen molar-refractivity contribution in [3.8, 4) is 5.75 Å². The molecule has 1 amide bonds. The Labute approximate surface area is 243 Å². The van der Waals surface area contributed by atoms with E-state index in [0.29, 0.717) is 24.2 Å². The Morgan fingerprint density at radius 3 is 2.33 bits per heavy atom. The molecule has 4 rings (SSSR count). The second kappa shape index (κ2) is 10.7. The van der Waals surface area contributed by atoms with Crippen molar-refractivity contribution in [2.45, 2.75) is 64.6 Å². The molecule has 1 fully saturated rings. The number of nitrogens with zero attached hydrogens (tertiary/aromatic N) is 3. The van der Waals surface area contributed by atoms with E-state index in [1.165, 1.54) is 25.1 Å². The number of amides is 1. The molecule has 3 aliphatic carbocycles. The number of nitro benzene ring substituents is 1. The number of primary amides is 1. The SMILES string of the molecule is CCC(C)N(CC(C)C)c1cc([N+](=O)[O-])c(O)c2c1CC1CC3[C@H](N(C)C)C(=O)C(C(N)=O)=C(O)[C@@]3(O)C(=O)C1=C2O. The van der Waals surface area contributed by atoms with Crippen LogP contribution >= 0.6 is 0 Å². The van der Waals surface area contributed by atoms with E-state index >= 15 is 0 Å². The molecular formula is C29H38N4O9.